The topological polar surface area (TPSA) is 127 Å². The van der Waals surface area contributed by atoms with Crippen molar-refractivity contribution in [3.05, 3.63) is 54.1 Å². The van der Waals surface area contributed by atoms with Crippen LogP contribution in [-0.4, -0.2) is 79.6 Å². The summed E-state index contributed by atoms with van der Waals surface area (Å²) >= 11 is 1.45. The number of benzene rings is 2. The van der Waals surface area contributed by atoms with E-state index in [1.165, 1.54) is 15.6 Å². The van der Waals surface area contributed by atoms with Gasteiger partial charge in [-0.15, -0.1) is 0 Å². The van der Waals surface area contributed by atoms with Crippen molar-refractivity contribution in [1.82, 2.24) is 9.29 Å². The fourth-order valence-corrected chi connectivity index (χ4v) is 10.3. The highest BCUT2D eigenvalue weighted by atomic mass is 32.2. The predicted octanol–water partition coefficient (Wildman–Crippen LogP) is 5.07. The first kappa shape index (κ1) is 32.9. The molecule has 2 aromatic carbocycles. The van der Waals surface area contributed by atoms with Crippen LogP contribution in [0.15, 0.2) is 53.4 Å². The maximum Gasteiger partial charge on any atom is 0.306 e. The summed E-state index contributed by atoms with van der Waals surface area (Å²) < 4.78 is 48.2. The largest absolute Gasteiger partial charge is 0.462 e. The zero-order chi connectivity index (χ0) is 32.7. The number of aromatic nitrogens is 1. The van der Waals surface area contributed by atoms with Gasteiger partial charge in [0, 0.05) is 36.9 Å². The molecule has 7 rings (SSSR count). The van der Waals surface area contributed by atoms with E-state index in [1.54, 1.807) is 18.2 Å². The van der Waals surface area contributed by atoms with Crippen molar-refractivity contribution in [2.75, 3.05) is 31.6 Å². The number of nitrogens with zero attached hydrogens (tertiary/aromatic N) is 2. The second-order valence-corrected chi connectivity index (χ2v) is 17.1. The summed E-state index contributed by atoms with van der Waals surface area (Å²) in [6.45, 7) is 5.24. The Balaban J connectivity index is 1.08. The van der Waals surface area contributed by atoms with Gasteiger partial charge >= 0.3 is 5.97 Å². The van der Waals surface area contributed by atoms with Crippen LogP contribution in [0.4, 0.5) is 5.13 Å². The van der Waals surface area contributed by atoms with Crippen LogP contribution in [0.1, 0.15) is 51.5 Å². The number of nitrogens with one attached hydrogen (secondary N) is 1. The molecular formula is C35H45N3O7S2. The quantitative estimate of drug-likeness (QED) is 0.224. The molecule has 0 amide bonds. The zero-order valence-corrected chi connectivity index (χ0v) is 28.6. The van der Waals surface area contributed by atoms with E-state index in [4.69, 9.17) is 14.2 Å². The lowest BCUT2D eigenvalue weighted by atomic mass is 9.86. The number of hydrogen-bond acceptors (Lipinski definition) is 10. The molecule has 2 saturated carbocycles. The fourth-order valence-electron chi connectivity index (χ4n) is 7.56. The van der Waals surface area contributed by atoms with Crippen molar-refractivity contribution >= 4 is 42.7 Å². The van der Waals surface area contributed by atoms with Crippen LogP contribution < -0.4 is 5.32 Å². The number of thiazole rings is 1. The fraction of sp³-hybridized carbons (Fsp3) is 0.600. The van der Waals surface area contributed by atoms with Gasteiger partial charge in [0.2, 0.25) is 10.0 Å². The maximum atomic E-state index is 14.1. The van der Waals surface area contributed by atoms with Gasteiger partial charge in [-0.05, 0) is 67.7 Å². The van der Waals surface area contributed by atoms with E-state index in [-0.39, 0.29) is 60.5 Å². The highest BCUT2D eigenvalue weighted by Crippen LogP contribution is 2.50. The molecule has 3 aromatic rings. The third kappa shape index (κ3) is 7.38. The summed E-state index contributed by atoms with van der Waals surface area (Å²) in [4.78, 5) is 18.3. The molecule has 2 saturated heterocycles. The van der Waals surface area contributed by atoms with Crippen LogP contribution >= 0.6 is 11.3 Å². The minimum Gasteiger partial charge on any atom is -0.462 e. The van der Waals surface area contributed by atoms with Gasteiger partial charge in [0.15, 0.2) is 11.4 Å². The summed E-state index contributed by atoms with van der Waals surface area (Å²) in [5.74, 6) is -0.0815. The first-order chi connectivity index (χ1) is 22.6. The Labute approximate surface area is 280 Å². The van der Waals surface area contributed by atoms with Crippen LogP contribution in [0.5, 0.6) is 0 Å². The molecule has 2 N–H and O–H groups in total. The normalized spacial score (nSPS) is 26.9. The van der Waals surface area contributed by atoms with E-state index in [0.29, 0.717) is 31.6 Å². The van der Waals surface area contributed by atoms with Gasteiger partial charge in [-0.25, -0.2) is 13.4 Å². The van der Waals surface area contributed by atoms with E-state index in [1.807, 2.05) is 44.2 Å². The molecule has 254 valence electrons. The molecule has 3 heterocycles. The Morgan fingerprint density at radius 2 is 1.94 bits per heavy atom. The summed E-state index contributed by atoms with van der Waals surface area (Å²) in [6.07, 6.45) is 2.75. The average Bonchev–Trinajstić information content (AvgIpc) is 3.45. The van der Waals surface area contributed by atoms with Crippen molar-refractivity contribution in [2.45, 2.75) is 81.8 Å². The number of fused-ring (bicyclic) bond motifs is 1. The van der Waals surface area contributed by atoms with Gasteiger partial charge in [0.1, 0.15) is 6.10 Å². The molecule has 0 bridgehead atoms. The first-order valence-corrected chi connectivity index (χ1v) is 19.2. The van der Waals surface area contributed by atoms with Crippen LogP contribution in [-0.2, 0) is 35.4 Å². The van der Waals surface area contributed by atoms with Gasteiger partial charge in [-0.2, -0.15) is 4.31 Å². The van der Waals surface area contributed by atoms with E-state index < -0.39 is 22.0 Å². The molecule has 3 unspecified atom stereocenters. The second kappa shape index (κ2) is 13.7. The zero-order valence-electron chi connectivity index (χ0n) is 27.0. The molecule has 4 fully saturated rings. The van der Waals surface area contributed by atoms with Crippen molar-refractivity contribution < 1.29 is 32.5 Å². The number of anilines is 1. The first-order valence-electron chi connectivity index (χ1n) is 17.0. The van der Waals surface area contributed by atoms with E-state index in [2.05, 4.69) is 10.3 Å². The van der Waals surface area contributed by atoms with Crippen LogP contribution in [0.3, 0.4) is 0 Å². The standard InChI is InChI=1S/C35H45N3O7S2/c1-21(2)18-38(47(41,42)26-10-11-28-31(17-26)46-35(37-28)36-25-8-9-25)19-29(39)23(14-22-6-4-3-5-7-22)16-32(40)45-30-15-24-20-44-34-33(24)27(30)12-13-43-34/h3-7,10-11,17,21,23-25,27,29-30,33-34,39H,8-9,12-16,18-20H2,1-2H3,(H,36,37)/t23?,24?,27?,29-,30-,33+,34+/m1/s1. The number of carbonyl (C=O) groups is 1. The molecule has 2 aliphatic carbocycles. The van der Waals surface area contributed by atoms with Crippen molar-refractivity contribution in [3.8, 4) is 0 Å². The molecule has 7 atom stereocenters. The molecule has 2 aliphatic heterocycles. The number of aliphatic hydroxyl groups excluding tert-OH is 1. The molecule has 0 radical (unpaired) electrons. The Hall–Kier alpha value is -2.61. The lowest BCUT2D eigenvalue weighted by Crippen LogP contribution is -2.43. The minimum absolute atomic E-state index is 0.00972. The molecular weight excluding hydrogens is 639 g/mol. The number of ether oxygens (including phenoxy) is 3. The third-order valence-electron chi connectivity index (χ3n) is 10.0. The van der Waals surface area contributed by atoms with Crippen LogP contribution in [0.25, 0.3) is 10.2 Å². The van der Waals surface area contributed by atoms with Crippen molar-refractivity contribution in [3.63, 3.8) is 0 Å². The smallest absolute Gasteiger partial charge is 0.306 e. The van der Waals surface area contributed by atoms with Gasteiger partial charge in [0.25, 0.3) is 0 Å². The lowest BCUT2D eigenvalue weighted by Gasteiger charge is -2.33. The summed E-state index contributed by atoms with van der Waals surface area (Å²) in [7, 11) is -3.96. The van der Waals surface area contributed by atoms with E-state index >= 15 is 0 Å². The molecule has 12 heteroatoms. The SMILES string of the molecule is CC(C)CN(C[C@@H](O)C(CC(=O)O[C@@H]1CC2CO[C@@H]3OCCC1[C@H]23)Cc1ccccc1)S(=O)(=O)c1ccc2nc(NC3CC3)sc2c1. The Morgan fingerprint density at radius 3 is 2.70 bits per heavy atom. The number of aliphatic hydroxyl groups is 1. The van der Waals surface area contributed by atoms with Crippen molar-refractivity contribution in [1.29, 1.82) is 0 Å². The summed E-state index contributed by atoms with van der Waals surface area (Å²) in [5, 5.41) is 15.9. The molecule has 1 aromatic heterocycles. The highest BCUT2D eigenvalue weighted by molar-refractivity contribution is 7.89. The maximum absolute atomic E-state index is 14.1. The van der Waals surface area contributed by atoms with Gasteiger partial charge in [-0.3, -0.25) is 4.79 Å². The van der Waals surface area contributed by atoms with Crippen molar-refractivity contribution in [2.24, 2.45) is 29.6 Å². The number of rotatable bonds is 14. The number of carbonyl (C=O) groups excluding carboxylic acids is 1. The minimum atomic E-state index is -3.96. The molecule has 47 heavy (non-hydrogen) atoms. The summed E-state index contributed by atoms with van der Waals surface area (Å²) in [5.41, 5.74) is 1.72. The Kier molecular flexibility index (Phi) is 9.61. The monoisotopic (exact) mass is 683 g/mol. The number of hydrogen-bond donors (Lipinski definition) is 2. The Bertz CT molecular complexity index is 1660. The molecule has 4 aliphatic rings. The molecule has 0 spiro atoms. The third-order valence-corrected chi connectivity index (χ3v) is 12.8. The van der Waals surface area contributed by atoms with E-state index in [0.717, 1.165) is 46.6 Å². The number of esters is 1. The van der Waals surface area contributed by atoms with Gasteiger partial charge < -0.3 is 24.6 Å². The average molecular weight is 684 g/mol. The Morgan fingerprint density at radius 1 is 1.13 bits per heavy atom. The molecule has 10 nitrogen and oxygen atoms in total. The van der Waals surface area contributed by atoms with Crippen LogP contribution in [0.2, 0.25) is 0 Å². The summed E-state index contributed by atoms with van der Waals surface area (Å²) in [6, 6.07) is 15.2. The van der Waals surface area contributed by atoms with Gasteiger partial charge in [0.05, 0.1) is 40.9 Å². The lowest BCUT2D eigenvalue weighted by molar-refractivity contribution is -0.182. The number of sulfonamides is 1. The highest BCUT2D eigenvalue weighted by Gasteiger charge is 2.55. The van der Waals surface area contributed by atoms with E-state index in [9.17, 15) is 18.3 Å². The second-order valence-electron chi connectivity index (χ2n) is 14.1. The predicted molar refractivity (Wildman–Crippen MR) is 179 cm³/mol. The van der Waals surface area contributed by atoms with Crippen LogP contribution in [0, 0.1) is 29.6 Å². The van der Waals surface area contributed by atoms with Gasteiger partial charge in [-0.1, -0.05) is 55.5 Å².